The second kappa shape index (κ2) is 8.26. The number of nitrogens with zero attached hydrogens (tertiary/aromatic N) is 4. The number of aromatic nitrogens is 3. The van der Waals surface area contributed by atoms with Crippen molar-refractivity contribution in [3.63, 3.8) is 0 Å². The topological polar surface area (TPSA) is 84.2 Å². The van der Waals surface area contributed by atoms with E-state index in [4.69, 9.17) is 4.52 Å². The Labute approximate surface area is 161 Å². The van der Waals surface area contributed by atoms with Gasteiger partial charge in [0.05, 0.1) is 11.7 Å². The summed E-state index contributed by atoms with van der Waals surface area (Å²) in [5.74, 6) is 0.325. The lowest BCUT2D eigenvalue weighted by molar-refractivity contribution is -0.116. The van der Waals surface area contributed by atoms with E-state index in [1.54, 1.807) is 24.4 Å². The number of hydrogen-bond acceptors (Lipinski definition) is 6. The van der Waals surface area contributed by atoms with Crippen LogP contribution in [-0.2, 0) is 4.79 Å². The smallest absolute Gasteiger partial charge is 0.244 e. The Morgan fingerprint density at radius 3 is 2.93 bits per heavy atom. The number of para-hydroxylation sites is 1. The highest BCUT2D eigenvalue weighted by Gasteiger charge is 2.31. The highest BCUT2D eigenvalue weighted by Crippen LogP contribution is 2.31. The van der Waals surface area contributed by atoms with E-state index in [-0.39, 0.29) is 24.1 Å². The molecular weight excluding hydrogens is 361 g/mol. The van der Waals surface area contributed by atoms with E-state index in [0.29, 0.717) is 24.0 Å². The average molecular weight is 381 g/mol. The summed E-state index contributed by atoms with van der Waals surface area (Å²) in [7, 11) is 0. The molecule has 1 aromatic carbocycles. The van der Waals surface area contributed by atoms with Crippen LogP contribution in [0.2, 0.25) is 0 Å². The van der Waals surface area contributed by atoms with Gasteiger partial charge in [-0.1, -0.05) is 23.4 Å². The van der Waals surface area contributed by atoms with Gasteiger partial charge in [0.2, 0.25) is 17.6 Å². The van der Waals surface area contributed by atoms with Gasteiger partial charge >= 0.3 is 0 Å². The molecule has 0 spiro atoms. The van der Waals surface area contributed by atoms with Crippen molar-refractivity contribution in [3.8, 4) is 11.5 Å². The predicted octanol–water partition coefficient (Wildman–Crippen LogP) is 3.44. The molecule has 0 saturated carbocycles. The summed E-state index contributed by atoms with van der Waals surface area (Å²) < 4.78 is 19.1. The maximum Gasteiger partial charge on any atom is 0.244 e. The van der Waals surface area contributed by atoms with Gasteiger partial charge in [-0.25, -0.2) is 4.39 Å². The molecule has 28 heavy (non-hydrogen) atoms. The van der Waals surface area contributed by atoms with Gasteiger partial charge in [0.1, 0.15) is 11.5 Å². The summed E-state index contributed by atoms with van der Waals surface area (Å²) in [6.45, 7) is 1.38. The van der Waals surface area contributed by atoms with Crippen LogP contribution in [0, 0.1) is 5.82 Å². The summed E-state index contributed by atoms with van der Waals surface area (Å²) in [4.78, 5) is 23.1. The molecule has 0 aliphatic carbocycles. The number of rotatable bonds is 6. The molecular formula is C20H20FN5O2. The molecule has 1 aliphatic rings. The average Bonchev–Trinajstić information content (AvgIpc) is 3.38. The van der Waals surface area contributed by atoms with Crippen LogP contribution in [-0.4, -0.2) is 39.0 Å². The monoisotopic (exact) mass is 381 g/mol. The van der Waals surface area contributed by atoms with Crippen LogP contribution < -0.4 is 5.32 Å². The first-order valence-electron chi connectivity index (χ1n) is 9.24. The maximum absolute atomic E-state index is 13.7. The SMILES string of the molecule is O=C(CCN1CCC[C@H]1c1nc(-c2ccccn2)no1)Nc1ccccc1F. The minimum absolute atomic E-state index is 0.0220. The van der Waals surface area contributed by atoms with E-state index in [1.807, 2.05) is 18.2 Å². The zero-order valence-electron chi connectivity index (χ0n) is 15.2. The first kappa shape index (κ1) is 18.2. The van der Waals surface area contributed by atoms with Gasteiger partial charge < -0.3 is 9.84 Å². The van der Waals surface area contributed by atoms with Gasteiger partial charge in [0, 0.05) is 19.2 Å². The third kappa shape index (κ3) is 4.07. The molecule has 7 nitrogen and oxygen atoms in total. The molecule has 0 bridgehead atoms. The quantitative estimate of drug-likeness (QED) is 0.704. The van der Waals surface area contributed by atoms with Crippen molar-refractivity contribution < 1.29 is 13.7 Å². The molecule has 2 aromatic heterocycles. The number of amides is 1. The van der Waals surface area contributed by atoms with Crippen LogP contribution >= 0.6 is 0 Å². The molecule has 1 N–H and O–H groups in total. The lowest BCUT2D eigenvalue weighted by atomic mass is 10.2. The van der Waals surface area contributed by atoms with Gasteiger partial charge in [-0.15, -0.1) is 0 Å². The first-order chi connectivity index (χ1) is 13.7. The third-order valence-electron chi connectivity index (χ3n) is 4.76. The molecule has 4 rings (SSSR count). The zero-order valence-corrected chi connectivity index (χ0v) is 15.2. The molecule has 0 radical (unpaired) electrons. The molecule has 3 aromatic rings. The Hall–Kier alpha value is -3.13. The Morgan fingerprint density at radius 1 is 1.25 bits per heavy atom. The van der Waals surface area contributed by atoms with Gasteiger partial charge in [-0.2, -0.15) is 4.98 Å². The zero-order chi connectivity index (χ0) is 19.3. The Balaban J connectivity index is 1.37. The molecule has 1 atom stereocenters. The van der Waals surface area contributed by atoms with Crippen LogP contribution in [0.25, 0.3) is 11.5 Å². The molecule has 0 unspecified atom stereocenters. The molecule has 1 saturated heterocycles. The van der Waals surface area contributed by atoms with Crippen molar-refractivity contribution in [1.29, 1.82) is 0 Å². The Bertz CT molecular complexity index is 947. The number of halogens is 1. The Morgan fingerprint density at radius 2 is 2.11 bits per heavy atom. The second-order valence-corrected chi connectivity index (χ2v) is 6.64. The van der Waals surface area contributed by atoms with Gasteiger partial charge in [-0.3, -0.25) is 14.7 Å². The fourth-order valence-electron chi connectivity index (χ4n) is 3.36. The number of benzene rings is 1. The minimum Gasteiger partial charge on any atom is -0.337 e. The van der Waals surface area contributed by atoms with Crippen LogP contribution in [0.4, 0.5) is 10.1 Å². The normalized spacial score (nSPS) is 17.0. The minimum atomic E-state index is -0.442. The number of likely N-dealkylation sites (tertiary alicyclic amines) is 1. The van der Waals surface area contributed by atoms with Crippen LogP contribution in [0.1, 0.15) is 31.2 Å². The molecule has 1 amide bonds. The maximum atomic E-state index is 13.7. The first-order valence-corrected chi connectivity index (χ1v) is 9.24. The molecule has 3 heterocycles. The highest BCUT2D eigenvalue weighted by molar-refractivity contribution is 5.90. The lowest BCUT2D eigenvalue weighted by Gasteiger charge is -2.21. The van der Waals surface area contributed by atoms with Crippen LogP contribution in [0.15, 0.2) is 53.2 Å². The summed E-state index contributed by atoms with van der Waals surface area (Å²) in [6.07, 6.45) is 3.81. The van der Waals surface area contributed by atoms with E-state index in [0.717, 1.165) is 19.4 Å². The fraction of sp³-hybridized carbons (Fsp3) is 0.300. The van der Waals surface area contributed by atoms with Crippen molar-refractivity contribution in [3.05, 3.63) is 60.4 Å². The summed E-state index contributed by atoms with van der Waals surface area (Å²) in [5, 5.41) is 6.64. The predicted molar refractivity (Wildman–Crippen MR) is 101 cm³/mol. The van der Waals surface area contributed by atoms with Crippen molar-refractivity contribution in [1.82, 2.24) is 20.0 Å². The molecule has 144 valence electrons. The Kier molecular flexibility index (Phi) is 5.38. The number of carbonyl (C=O) groups is 1. The molecule has 8 heteroatoms. The van der Waals surface area contributed by atoms with Crippen LogP contribution in [0.3, 0.4) is 0 Å². The number of hydrogen-bond donors (Lipinski definition) is 1. The van der Waals surface area contributed by atoms with Gasteiger partial charge in [-0.05, 0) is 43.7 Å². The van der Waals surface area contributed by atoms with Crippen molar-refractivity contribution in [2.45, 2.75) is 25.3 Å². The number of nitrogens with one attached hydrogen (secondary N) is 1. The lowest BCUT2D eigenvalue weighted by Crippen LogP contribution is -2.28. The number of anilines is 1. The molecule has 1 fully saturated rings. The summed E-state index contributed by atoms with van der Waals surface area (Å²) >= 11 is 0. The highest BCUT2D eigenvalue weighted by atomic mass is 19.1. The largest absolute Gasteiger partial charge is 0.337 e. The van der Waals surface area contributed by atoms with Crippen molar-refractivity contribution in [2.75, 3.05) is 18.4 Å². The van der Waals surface area contributed by atoms with Crippen molar-refractivity contribution in [2.24, 2.45) is 0 Å². The standard InChI is InChI=1S/C20H20FN5O2/c21-14-6-1-2-7-15(14)23-18(27)10-13-26-12-5-9-17(26)20-24-19(25-28-20)16-8-3-4-11-22-16/h1-4,6-8,11,17H,5,9-10,12-13H2,(H,23,27)/t17-/m0/s1. The number of carbonyl (C=O) groups excluding carboxylic acids is 1. The molecule has 1 aliphatic heterocycles. The van der Waals surface area contributed by atoms with Crippen LogP contribution in [0.5, 0.6) is 0 Å². The fourth-order valence-corrected chi connectivity index (χ4v) is 3.36. The second-order valence-electron chi connectivity index (χ2n) is 6.64. The van der Waals surface area contributed by atoms with E-state index < -0.39 is 5.82 Å². The van der Waals surface area contributed by atoms with E-state index in [2.05, 4.69) is 25.3 Å². The number of pyridine rings is 1. The van der Waals surface area contributed by atoms with E-state index >= 15 is 0 Å². The van der Waals surface area contributed by atoms with E-state index in [1.165, 1.54) is 6.07 Å². The third-order valence-corrected chi connectivity index (χ3v) is 4.76. The van der Waals surface area contributed by atoms with Gasteiger partial charge in [0.25, 0.3) is 0 Å². The van der Waals surface area contributed by atoms with E-state index in [9.17, 15) is 9.18 Å². The van der Waals surface area contributed by atoms with Gasteiger partial charge in [0.15, 0.2) is 0 Å². The summed E-state index contributed by atoms with van der Waals surface area (Å²) in [5.41, 5.74) is 0.855. The summed E-state index contributed by atoms with van der Waals surface area (Å²) in [6, 6.07) is 11.6. The van der Waals surface area contributed by atoms with Crippen molar-refractivity contribution >= 4 is 11.6 Å².